The topological polar surface area (TPSA) is 36.3 Å². The maximum atomic E-state index is 13.8. The van der Waals surface area contributed by atoms with E-state index >= 15 is 0 Å². The molecule has 1 aromatic rings. The van der Waals surface area contributed by atoms with Crippen molar-refractivity contribution in [1.29, 1.82) is 5.26 Å². The predicted octanol–water partition coefficient (Wildman–Crippen LogP) is 2.31. The van der Waals surface area contributed by atoms with Crippen molar-refractivity contribution >= 4 is 0 Å². The Kier molecular flexibility index (Phi) is 3.95. The van der Waals surface area contributed by atoms with Gasteiger partial charge in [-0.3, -0.25) is 4.90 Å². The third-order valence-electron chi connectivity index (χ3n) is 3.07. The average Bonchev–Trinajstić information content (AvgIpc) is 2.30. The molecule has 3 nitrogen and oxygen atoms in total. The maximum Gasteiger partial charge on any atom is 0.129 e. The van der Waals surface area contributed by atoms with Gasteiger partial charge in [-0.05, 0) is 26.0 Å². The molecule has 0 spiro atoms. The predicted molar refractivity (Wildman–Crippen MR) is 66.4 cm³/mol. The van der Waals surface area contributed by atoms with E-state index in [4.69, 9.17) is 10.00 Å². The Morgan fingerprint density at radius 1 is 1.39 bits per heavy atom. The molecule has 0 amide bonds. The summed E-state index contributed by atoms with van der Waals surface area (Å²) < 4.78 is 19.4. The second kappa shape index (κ2) is 5.47. The second-order valence-corrected chi connectivity index (χ2v) is 4.87. The summed E-state index contributed by atoms with van der Waals surface area (Å²) in [5, 5.41) is 8.70. The van der Waals surface area contributed by atoms with Crippen LogP contribution >= 0.6 is 0 Å². The standard InChI is InChI=1S/C14H17FN2O/c1-10-7-17(8-11(2)18-10)9-13-4-3-12(6-16)5-14(13)15/h3-5,10-11H,7-9H2,1-2H3/t10-,11-/m0/s1. The molecular formula is C14H17FN2O. The van der Waals surface area contributed by atoms with E-state index < -0.39 is 0 Å². The Hall–Kier alpha value is -1.44. The SMILES string of the molecule is C[C@H]1CN(Cc2ccc(C#N)cc2F)C[C@H](C)O1. The molecular weight excluding hydrogens is 231 g/mol. The zero-order valence-electron chi connectivity index (χ0n) is 10.7. The van der Waals surface area contributed by atoms with Gasteiger partial charge in [0.05, 0.1) is 23.8 Å². The van der Waals surface area contributed by atoms with Crippen LogP contribution in [0.25, 0.3) is 0 Å². The van der Waals surface area contributed by atoms with Crippen LogP contribution in [0.2, 0.25) is 0 Å². The summed E-state index contributed by atoms with van der Waals surface area (Å²) in [5.41, 5.74) is 0.996. The number of hydrogen-bond donors (Lipinski definition) is 0. The number of rotatable bonds is 2. The van der Waals surface area contributed by atoms with Gasteiger partial charge in [-0.25, -0.2) is 4.39 Å². The fraction of sp³-hybridized carbons (Fsp3) is 0.500. The monoisotopic (exact) mass is 248 g/mol. The van der Waals surface area contributed by atoms with Crippen LogP contribution in [0.1, 0.15) is 25.0 Å². The van der Waals surface area contributed by atoms with Crippen molar-refractivity contribution in [3.8, 4) is 6.07 Å². The molecule has 1 aromatic carbocycles. The minimum atomic E-state index is -0.305. The minimum absolute atomic E-state index is 0.176. The highest BCUT2D eigenvalue weighted by Gasteiger charge is 2.22. The van der Waals surface area contributed by atoms with E-state index in [1.807, 2.05) is 19.9 Å². The summed E-state index contributed by atoms with van der Waals surface area (Å²) in [6.07, 6.45) is 0.352. The van der Waals surface area contributed by atoms with Crippen molar-refractivity contribution in [2.24, 2.45) is 0 Å². The number of benzene rings is 1. The van der Waals surface area contributed by atoms with Crippen molar-refractivity contribution < 1.29 is 9.13 Å². The first-order chi connectivity index (χ1) is 8.58. The van der Waals surface area contributed by atoms with Gasteiger partial charge < -0.3 is 4.74 Å². The first kappa shape index (κ1) is 13.0. The second-order valence-electron chi connectivity index (χ2n) is 4.87. The molecule has 0 aliphatic carbocycles. The van der Waals surface area contributed by atoms with Gasteiger partial charge in [-0.1, -0.05) is 6.07 Å². The molecule has 1 aliphatic rings. The van der Waals surface area contributed by atoms with Gasteiger partial charge in [0.15, 0.2) is 0 Å². The van der Waals surface area contributed by atoms with Crippen LogP contribution in [0.4, 0.5) is 4.39 Å². The lowest BCUT2D eigenvalue weighted by Crippen LogP contribution is -2.44. The Bertz CT molecular complexity index is 459. The lowest BCUT2D eigenvalue weighted by atomic mass is 10.1. The van der Waals surface area contributed by atoms with Crippen LogP contribution in [0.3, 0.4) is 0 Å². The van der Waals surface area contributed by atoms with E-state index in [0.717, 1.165) is 13.1 Å². The fourth-order valence-electron chi connectivity index (χ4n) is 2.40. The Morgan fingerprint density at radius 2 is 2.06 bits per heavy atom. The summed E-state index contributed by atoms with van der Waals surface area (Å²) >= 11 is 0. The Morgan fingerprint density at radius 3 is 2.61 bits per heavy atom. The van der Waals surface area contributed by atoms with Gasteiger partial charge in [0, 0.05) is 25.2 Å². The van der Waals surface area contributed by atoms with Gasteiger partial charge in [-0.15, -0.1) is 0 Å². The zero-order chi connectivity index (χ0) is 13.1. The Balaban J connectivity index is 2.07. The van der Waals surface area contributed by atoms with Crippen molar-refractivity contribution in [2.45, 2.75) is 32.6 Å². The van der Waals surface area contributed by atoms with Crippen LogP contribution in [0, 0.1) is 17.1 Å². The summed E-state index contributed by atoms with van der Waals surface area (Å²) in [6, 6.07) is 6.59. The molecule has 1 saturated heterocycles. The van der Waals surface area contributed by atoms with Crippen LogP contribution in [0.15, 0.2) is 18.2 Å². The van der Waals surface area contributed by atoms with E-state index in [0.29, 0.717) is 17.7 Å². The van der Waals surface area contributed by atoms with Crippen LogP contribution in [-0.4, -0.2) is 30.2 Å². The van der Waals surface area contributed by atoms with Crippen molar-refractivity contribution in [3.05, 3.63) is 35.1 Å². The molecule has 0 saturated carbocycles. The van der Waals surface area contributed by atoms with Gasteiger partial charge in [0.1, 0.15) is 5.82 Å². The van der Waals surface area contributed by atoms with Crippen molar-refractivity contribution in [1.82, 2.24) is 4.90 Å². The van der Waals surface area contributed by atoms with Gasteiger partial charge in [-0.2, -0.15) is 5.26 Å². The summed E-state index contributed by atoms with van der Waals surface area (Å²) in [7, 11) is 0. The van der Waals surface area contributed by atoms with Crippen molar-refractivity contribution in [2.75, 3.05) is 13.1 Å². The molecule has 4 heteroatoms. The molecule has 0 radical (unpaired) electrons. The van der Waals surface area contributed by atoms with Gasteiger partial charge >= 0.3 is 0 Å². The first-order valence-corrected chi connectivity index (χ1v) is 6.15. The number of nitriles is 1. The maximum absolute atomic E-state index is 13.8. The molecule has 1 aliphatic heterocycles. The molecule has 0 bridgehead atoms. The third-order valence-corrected chi connectivity index (χ3v) is 3.07. The van der Waals surface area contributed by atoms with E-state index in [-0.39, 0.29) is 18.0 Å². The third kappa shape index (κ3) is 3.06. The van der Waals surface area contributed by atoms with E-state index in [2.05, 4.69) is 4.90 Å². The highest BCUT2D eigenvalue weighted by atomic mass is 19.1. The Labute approximate surface area is 107 Å². The largest absolute Gasteiger partial charge is 0.373 e. The average molecular weight is 248 g/mol. The highest BCUT2D eigenvalue weighted by molar-refractivity contribution is 5.32. The molecule has 0 aromatic heterocycles. The van der Waals surface area contributed by atoms with Crippen LogP contribution in [0.5, 0.6) is 0 Å². The smallest absolute Gasteiger partial charge is 0.129 e. The molecule has 0 N–H and O–H groups in total. The summed E-state index contributed by atoms with van der Waals surface area (Å²) in [6.45, 7) is 6.23. The minimum Gasteiger partial charge on any atom is -0.373 e. The molecule has 0 unspecified atom stereocenters. The zero-order valence-corrected chi connectivity index (χ0v) is 10.7. The number of halogens is 1. The lowest BCUT2D eigenvalue weighted by Gasteiger charge is -2.35. The molecule has 18 heavy (non-hydrogen) atoms. The van der Waals surface area contributed by atoms with E-state index in [9.17, 15) is 4.39 Å². The molecule has 2 atom stereocenters. The lowest BCUT2D eigenvalue weighted by molar-refractivity contribution is -0.0707. The summed E-state index contributed by atoms with van der Waals surface area (Å²) in [4.78, 5) is 2.18. The molecule has 2 rings (SSSR count). The number of morpholine rings is 1. The van der Waals surface area contributed by atoms with Gasteiger partial charge in [0.2, 0.25) is 0 Å². The highest BCUT2D eigenvalue weighted by Crippen LogP contribution is 2.17. The normalized spacial score (nSPS) is 24.8. The fourth-order valence-corrected chi connectivity index (χ4v) is 2.40. The molecule has 1 heterocycles. The molecule has 96 valence electrons. The van der Waals surface area contributed by atoms with E-state index in [1.54, 1.807) is 12.1 Å². The quantitative estimate of drug-likeness (QED) is 0.805. The van der Waals surface area contributed by atoms with E-state index in [1.165, 1.54) is 6.07 Å². The van der Waals surface area contributed by atoms with Gasteiger partial charge in [0.25, 0.3) is 0 Å². The van der Waals surface area contributed by atoms with Crippen LogP contribution in [-0.2, 0) is 11.3 Å². The van der Waals surface area contributed by atoms with Crippen LogP contribution < -0.4 is 0 Å². The molecule has 1 fully saturated rings. The number of hydrogen-bond acceptors (Lipinski definition) is 3. The number of nitrogens with zero attached hydrogens (tertiary/aromatic N) is 2. The first-order valence-electron chi connectivity index (χ1n) is 6.15. The van der Waals surface area contributed by atoms with Crippen molar-refractivity contribution in [3.63, 3.8) is 0 Å². The number of ether oxygens (including phenoxy) is 1. The summed E-state index contributed by atoms with van der Waals surface area (Å²) in [5.74, 6) is -0.305.